The third kappa shape index (κ3) is 3.22. The fraction of sp³-hybridized carbons (Fsp3) is 0.455. The van der Waals surface area contributed by atoms with Crippen LogP contribution in [0.5, 0.6) is 0 Å². The molecule has 1 saturated heterocycles. The Labute approximate surface area is 108 Å². The largest absolute Gasteiger partial charge is 0.351 e. The van der Waals surface area contributed by atoms with Gasteiger partial charge in [-0.05, 0) is 40.6 Å². The first-order valence-corrected chi connectivity index (χ1v) is 7.10. The smallest absolute Gasteiger partial charge is 0.252 e. The Morgan fingerprint density at radius 1 is 1.62 bits per heavy atom. The van der Waals surface area contributed by atoms with Gasteiger partial charge in [-0.1, -0.05) is 0 Å². The van der Waals surface area contributed by atoms with Crippen molar-refractivity contribution >= 4 is 33.6 Å². The van der Waals surface area contributed by atoms with Crippen LogP contribution in [-0.2, 0) is 0 Å². The third-order valence-corrected chi connectivity index (χ3v) is 4.31. The number of nitrogens with one attached hydrogen (secondary N) is 1. The summed E-state index contributed by atoms with van der Waals surface area (Å²) in [6.45, 7) is 0.760. The van der Waals surface area contributed by atoms with Crippen LogP contribution in [-0.4, -0.2) is 28.4 Å². The molecule has 1 aliphatic rings. The molecule has 16 heavy (non-hydrogen) atoms. The zero-order valence-electron chi connectivity index (χ0n) is 8.78. The van der Waals surface area contributed by atoms with E-state index in [4.69, 9.17) is 0 Å². The fourth-order valence-corrected chi connectivity index (χ4v) is 3.22. The van der Waals surface area contributed by atoms with Crippen molar-refractivity contribution in [3.05, 3.63) is 28.5 Å². The molecule has 0 saturated carbocycles. The molecule has 2 rings (SSSR count). The monoisotopic (exact) mass is 300 g/mol. The van der Waals surface area contributed by atoms with E-state index < -0.39 is 0 Å². The summed E-state index contributed by atoms with van der Waals surface area (Å²) >= 11 is 5.24. The predicted molar refractivity (Wildman–Crippen MR) is 69.8 cm³/mol. The van der Waals surface area contributed by atoms with E-state index >= 15 is 0 Å². The highest BCUT2D eigenvalue weighted by Crippen LogP contribution is 2.25. The highest BCUT2D eigenvalue weighted by molar-refractivity contribution is 9.10. The molecule has 0 radical (unpaired) electrons. The number of carbonyl (C=O) groups is 1. The number of hydrogen-bond donors (Lipinski definition) is 1. The Kier molecular flexibility index (Phi) is 4.23. The molecule has 1 fully saturated rings. The summed E-state index contributed by atoms with van der Waals surface area (Å²) in [6, 6.07) is 1.78. The molecule has 2 heterocycles. The molecule has 1 aliphatic heterocycles. The van der Waals surface area contributed by atoms with Crippen LogP contribution in [0.2, 0.25) is 0 Å². The second-order valence-electron chi connectivity index (χ2n) is 3.74. The summed E-state index contributed by atoms with van der Waals surface area (Å²) in [5, 5.41) is 3.53. The maximum atomic E-state index is 11.8. The summed E-state index contributed by atoms with van der Waals surface area (Å²) in [7, 11) is 0. The van der Waals surface area contributed by atoms with Gasteiger partial charge in [0.1, 0.15) is 0 Å². The van der Waals surface area contributed by atoms with Crippen LogP contribution in [0.15, 0.2) is 22.9 Å². The number of aromatic nitrogens is 1. The summed E-state index contributed by atoms with van der Waals surface area (Å²) in [5.74, 6) is 1.18. The molecular weight excluding hydrogens is 288 g/mol. The van der Waals surface area contributed by atoms with Crippen LogP contribution in [0.3, 0.4) is 0 Å². The van der Waals surface area contributed by atoms with Crippen LogP contribution < -0.4 is 5.32 Å². The molecule has 1 N–H and O–H groups in total. The average Bonchev–Trinajstić information content (AvgIpc) is 2.78. The van der Waals surface area contributed by atoms with Crippen molar-refractivity contribution in [3.63, 3.8) is 0 Å². The highest BCUT2D eigenvalue weighted by atomic mass is 79.9. The molecule has 1 unspecified atom stereocenters. The number of thioether (sulfide) groups is 1. The first-order chi connectivity index (χ1) is 7.75. The standard InChI is InChI=1S/C11H13BrN2OS/c12-9-4-8(5-13-6-9)11(15)14-7-10-2-1-3-16-10/h4-6,10H,1-3,7H2,(H,14,15). The molecule has 5 heteroatoms. The lowest BCUT2D eigenvalue weighted by Gasteiger charge is -2.09. The van der Waals surface area contributed by atoms with Gasteiger partial charge >= 0.3 is 0 Å². The van der Waals surface area contributed by atoms with Crippen molar-refractivity contribution in [1.29, 1.82) is 0 Å². The zero-order chi connectivity index (χ0) is 11.4. The van der Waals surface area contributed by atoms with Gasteiger partial charge in [0.15, 0.2) is 0 Å². The number of halogens is 1. The molecule has 1 atom stereocenters. The van der Waals surface area contributed by atoms with E-state index in [0.29, 0.717) is 10.8 Å². The van der Waals surface area contributed by atoms with Crippen LogP contribution in [0.25, 0.3) is 0 Å². The van der Waals surface area contributed by atoms with Crippen molar-refractivity contribution in [2.24, 2.45) is 0 Å². The van der Waals surface area contributed by atoms with E-state index in [1.807, 2.05) is 11.8 Å². The van der Waals surface area contributed by atoms with Crippen LogP contribution in [0.1, 0.15) is 23.2 Å². The lowest BCUT2D eigenvalue weighted by molar-refractivity contribution is 0.0953. The Morgan fingerprint density at radius 3 is 3.19 bits per heavy atom. The first kappa shape index (κ1) is 11.9. The van der Waals surface area contributed by atoms with Crippen molar-refractivity contribution < 1.29 is 4.79 Å². The van der Waals surface area contributed by atoms with Crippen LogP contribution in [0, 0.1) is 0 Å². The van der Waals surface area contributed by atoms with Gasteiger partial charge in [-0.2, -0.15) is 11.8 Å². The van der Waals surface area contributed by atoms with Gasteiger partial charge in [0, 0.05) is 28.7 Å². The molecule has 86 valence electrons. The number of nitrogens with zero attached hydrogens (tertiary/aromatic N) is 1. The molecule has 1 amide bonds. The fourth-order valence-electron chi connectivity index (χ4n) is 1.65. The molecule has 0 aliphatic carbocycles. The number of pyridine rings is 1. The topological polar surface area (TPSA) is 42.0 Å². The molecule has 3 nitrogen and oxygen atoms in total. The Bertz CT molecular complexity index is 380. The van der Waals surface area contributed by atoms with Crippen molar-refractivity contribution in [3.8, 4) is 0 Å². The second-order valence-corrected chi connectivity index (χ2v) is 6.06. The van der Waals surface area contributed by atoms with Crippen LogP contribution >= 0.6 is 27.7 Å². The van der Waals surface area contributed by atoms with Crippen molar-refractivity contribution in [1.82, 2.24) is 10.3 Å². The first-order valence-electron chi connectivity index (χ1n) is 5.26. The third-order valence-electron chi connectivity index (χ3n) is 2.48. The van der Waals surface area contributed by atoms with E-state index in [9.17, 15) is 4.79 Å². The van der Waals surface area contributed by atoms with Gasteiger partial charge in [-0.3, -0.25) is 9.78 Å². The van der Waals surface area contributed by atoms with E-state index in [0.717, 1.165) is 11.0 Å². The molecule has 0 aromatic carbocycles. The lowest BCUT2D eigenvalue weighted by atomic mass is 10.2. The summed E-state index contributed by atoms with van der Waals surface area (Å²) in [6.07, 6.45) is 5.73. The minimum absolute atomic E-state index is 0.0405. The van der Waals surface area contributed by atoms with Gasteiger partial charge in [-0.15, -0.1) is 0 Å². The Balaban J connectivity index is 1.87. The molecule has 1 aromatic rings. The normalized spacial score (nSPS) is 19.7. The Morgan fingerprint density at radius 2 is 2.50 bits per heavy atom. The molecule has 0 bridgehead atoms. The summed E-state index contributed by atoms with van der Waals surface area (Å²) in [5.41, 5.74) is 0.609. The number of rotatable bonds is 3. The maximum Gasteiger partial charge on any atom is 0.252 e. The second kappa shape index (κ2) is 5.68. The minimum atomic E-state index is -0.0405. The highest BCUT2D eigenvalue weighted by Gasteiger charge is 2.16. The van der Waals surface area contributed by atoms with Gasteiger partial charge < -0.3 is 5.32 Å². The van der Waals surface area contributed by atoms with Gasteiger partial charge in [0.05, 0.1) is 5.56 Å². The average molecular weight is 301 g/mol. The summed E-state index contributed by atoms with van der Waals surface area (Å²) in [4.78, 5) is 15.7. The van der Waals surface area contributed by atoms with Crippen LogP contribution in [0.4, 0.5) is 0 Å². The number of carbonyl (C=O) groups excluding carboxylic acids is 1. The van der Waals surface area contributed by atoms with Crippen molar-refractivity contribution in [2.75, 3.05) is 12.3 Å². The van der Waals surface area contributed by atoms with Gasteiger partial charge in [0.25, 0.3) is 5.91 Å². The zero-order valence-corrected chi connectivity index (χ0v) is 11.2. The minimum Gasteiger partial charge on any atom is -0.351 e. The van der Waals surface area contributed by atoms with E-state index in [-0.39, 0.29) is 5.91 Å². The van der Waals surface area contributed by atoms with Crippen molar-refractivity contribution in [2.45, 2.75) is 18.1 Å². The molecular formula is C11H13BrN2OS. The quantitative estimate of drug-likeness (QED) is 0.932. The SMILES string of the molecule is O=C(NCC1CCCS1)c1cncc(Br)c1. The molecule has 1 aromatic heterocycles. The van der Waals surface area contributed by atoms with E-state index in [2.05, 4.69) is 26.2 Å². The van der Waals surface area contributed by atoms with E-state index in [1.165, 1.54) is 18.6 Å². The van der Waals surface area contributed by atoms with Gasteiger partial charge in [-0.25, -0.2) is 0 Å². The maximum absolute atomic E-state index is 11.8. The summed E-state index contributed by atoms with van der Waals surface area (Å²) < 4.78 is 0.829. The molecule has 0 spiro atoms. The van der Waals surface area contributed by atoms with Gasteiger partial charge in [0.2, 0.25) is 0 Å². The predicted octanol–water partition coefficient (Wildman–Crippen LogP) is 2.47. The Hall–Kier alpha value is -0.550. The number of amides is 1. The number of hydrogen-bond acceptors (Lipinski definition) is 3. The lowest BCUT2D eigenvalue weighted by Crippen LogP contribution is -2.29. The van der Waals surface area contributed by atoms with E-state index in [1.54, 1.807) is 18.5 Å².